The number of carbonyl (C=O) groups is 3. The molecule has 1 aromatic rings. The van der Waals surface area contributed by atoms with Crippen molar-refractivity contribution in [2.45, 2.75) is 12.8 Å². The minimum atomic E-state index is -0.974. The molecule has 7 heteroatoms. The molecule has 2 amide bonds. The Morgan fingerprint density at radius 3 is 2.81 bits per heavy atom. The molecular formula is C14H16N2O5. The minimum Gasteiger partial charge on any atom is -0.478 e. The fraction of sp³-hybridized carbons (Fsp3) is 0.357. The summed E-state index contributed by atoms with van der Waals surface area (Å²) < 4.78 is 4.37. The number of anilines is 1. The van der Waals surface area contributed by atoms with Gasteiger partial charge in [-0.1, -0.05) is 0 Å². The average molecular weight is 292 g/mol. The number of hydrogen-bond donors (Lipinski definition) is 2. The second-order valence-electron chi connectivity index (χ2n) is 4.71. The molecule has 7 nitrogen and oxygen atoms in total. The normalized spacial score (nSPS) is 13.3. The molecule has 2 rings (SSSR count). The zero-order valence-electron chi connectivity index (χ0n) is 11.6. The molecule has 0 radical (unpaired) electrons. The van der Waals surface area contributed by atoms with Crippen LogP contribution >= 0.6 is 0 Å². The number of ether oxygens (including phenoxy) is 1. The Balaban J connectivity index is 2.13. The fourth-order valence-electron chi connectivity index (χ4n) is 2.35. The minimum absolute atomic E-state index is 0.0223. The summed E-state index contributed by atoms with van der Waals surface area (Å²) in [6.07, 6.45) is 0.797. The smallest absolute Gasteiger partial charge is 0.413 e. The van der Waals surface area contributed by atoms with Crippen LogP contribution in [0, 0.1) is 0 Å². The Labute approximate surface area is 121 Å². The highest BCUT2D eigenvalue weighted by Crippen LogP contribution is 2.27. The van der Waals surface area contributed by atoms with Gasteiger partial charge in [0.2, 0.25) is 5.91 Å². The van der Waals surface area contributed by atoms with E-state index >= 15 is 0 Å². The first kappa shape index (κ1) is 14.8. The van der Waals surface area contributed by atoms with Gasteiger partial charge in [0.25, 0.3) is 0 Å². The average Bonchev–Trinajstić information content (AvgIpc) is 2.46. The van der Waals surface area contributed by atoms with E-state index in [1.165, 1.54) is 13.2 Å². The van der Waals surface area contributed by atoms with E-state index in [4.69, 9.17) is 5.11 Å². The van der Waals surface area contributed by atoms with Gasteiger partial charge in [-0.05, 0) is 36.6 Å². The highest BCUT2D eigenvalue weighted by atomic mass is 16.5. The van der Waals surface area contributed by atoms with Crippen LogP contribution in [0.3, 0.4) is 0 Å². The number of hydrogen-bond acceptors (Lipinski definition) is 5. The predicted molar refractivity (Wildman–Crippen MR) is 74.5 cm³/mol. The summed E-state index contributed by atoms with van der Waals surface area (Å²) in [7, 11) is 1.19. The van der Waals surface area contributed by atoms with Crippen molar-refractivity contribution in [2.24, 2.45) is 0 Å². The van der Waals surface area contributed by atoms with E-state index in [1.54, 1.807) is 12.1 Å². The maximum Gasteiger partial charge on any atom is 0.413 e. The lowest BCUT2D eigenvalue weighted by Crippen LogP contribution is -2.42. The summed E-state index contributed by atoms with van der Waals surface area (Å²) in [5.74, 6) is -1.43. The molecule has 1 aliphatic heterocycles. The number of aryl methyl sites for hydroxylation is 1. The third-order valence-corrected chi connectivity index (χ3v) is 3.30. The van der Waals surface area contributed by atoms with Crippen molar-refractivity contribution >= 4 is 23.7 Å². The van der Waals surface area contributed by atoms with Crippen molar-refractivity contribution in [3.63, 3.8) is 0 Å². The molecule has 0 aliphatic carbocycles. The first-order chi connectivity index (χ1) is 10.0. The molecule has 1 aliphatic rings. The SMILES string of the molecule is COC(=O)NC(=O)CN1CCCc2cc(C(=O)O)ccc21. The molecule has 2 N–H and O–H groups in total. The summed E-state index contributed by atoms with van der Waals surface area (Å²) in [6.45, 7) is 0.697. The quantitative estimate of drug-likeness (QED) is 0.863. The Hall–Kier alpha value is -2.57. The molecule has 1 aromatic carbocycles. The molecule has 0 saturated carbocycles. The van der Waals surface area contributed by atoms with Crippen LogP contribution in [-0.4, -0.2) is 43.3 Å². The van der Waals surface area contributed by atoms with E-state index in [2.05, 4.69) is 10.1 Å². The van der Waals surface area contributed by atoms with Crippen molar-refractivity contribution in [1.29, 1.82) is 0 Å². The molecule has 1 heterocycles. The number of nitrogens with one attached hydrogen (secondary N) is 1. The molecule has 0 saturated heterocycles. The predicted octanol–water partition coefficient (Wildman–Crippen LogP) is 1.02. The number of amides is 2. The monoisotopic (exact) mass is 292 g/mol. The van der Waals surface area contributed by atoms with Crippen LogP contribution in [0.4, 0.5) is 10.5 Å². The van der Waals surface area contributed by atoms with Gasteiger partial charge in [-0.25, -0.2) is 9.59 Å². The molecule has 0 spiro atoms. The topological polar surface area (TPSA) is 95.9 Å². The maximum atomic E-state index is 11.7. The van der Waals surface area contributed by atoms with Crippen molar-refractivity contribution in [2.75, 3.05) is 25.1 Å². The molecule has 0 atom stereocenters. The van der Waals surface area contributed by atoms with E-state index in [0.29, 0.717) is 6.54 Å². The van der Waals surface area contributed by atoms with E-state index in [-0.39, 0.29) is 12.1 Å². The lowest BCUT2D eigenvalue weighted by Gasteiger charge is -2.30. The second-order valence-corrected chi connectivity index (χ2v) is 4.71. The molecular weight excluding hydrogens is 276 g/mol. The van der Waals surface area contributed by atoms with E-state index in [1.807, 2.05) is 4.90 Å². The third kappa shape index (κ3) is 3.50. The highest BCUT2D eigenvalue weighted by Gasteiger charge is 2.21. The first-order valence-corrected chi connectivity index (χ1v) is 6.50. The molecule has 112 valence electrons. The summed E-state index contributed by atoms with van der Waals surface area (Å²) in [5, 5.41) is 11.1. The van der Waals surface area contributed by atoms with Crippen LogP contribution in [0.25, 0.3) is 0 Å². The van der Waals surface area contributed by atoms with Gasteiger partial charge in [0, 0.05) is 12.2 Å². The Bertz CT molecular complexity index is 585. The number of carbonyl (C=O) groups excluding carboxylic acids is 2. The number of fused-ring (bicyclic) bond motifs is 1. The van der Waals surface area contributed by atoms with Crippen LogP contribution in [-0.2, 0) is 16.0 Å². The molecule has 21 heavy (non-hydrogen) atoms. The van der Waals surface area contributed by atoms with Crippen molar-refractivity contribution in [3.05, 3.63) is 29.3 Å². The zero-order valence-corrected chi connectivity index (χ0v) is 11.6. The lowest BCUT2D eigenvalue weighted by molar-refractivity contribution is -0.119. The number of alkyl carbamates (subject to hydrolysis) is 1. The molecule has 0 fully saturated rings. The molecule has 0 aromatic heterocycles. The Morgan fingerprint density at radius 1 is 1.38 bits per heavy atom. The van der Waals surface area contributed by atoms with Gasteiger partial charge >= 0.3 is 12.1 Å². The highest BCUT2D eigenvalue weighted by molar-refractivity contribution is 5.94. The third-order valence-electron chi connectivity index (χ3n) is 3.30. The molecule has 0 bridgehead atoms. The largest absolute Gasteiger partial charge is 0.478 e. The van der Waals surface area contributed by atoms with E-state index in [0.717, 1.165) is 24.1 Å². The number of nitrogens with zero attached hydrogens (tertiary/aromatic N) is 1. The zero-order chi connectivity index (χ0) is 15.4. The van der Waals surface area contributed by atoms with Crippen LogP contribution in [0.2, 0.25) is 0 Å². The van der Waals surface area contributed by atoms with Gasteiger partial charge in [-0.2, -0.15) is 0 Å². The summed E-state index contributed by atoms with van der Waals surface area (Å²) in [6, 6.07) is 4.84. The van der Waals surface area contributed by atoms with Gasteiger partial charge in [-0.15, -0.1) is 0 Å². The number of imide groups is 1. The fourth-order valence-corrected chi connectivity index (χ4v) is 2.35. The second kappa shape index (κ2) is 6.25. The summed E-state index contributed by atoms with van der Waals surface area (Å²) in [5.41, 5.74) is 1.95. The summed E-state index contributed by atoms with van der Waals surface area (Å²) >= 11 is 0. The van der Waals surface area contributed by atoms with E-state index < -0.39 is 18.0 Å². The standard InChI is InChI=1S/C14H16N2O5/c1-21-14(20)15-12(17)8-16-6-2-3-9-7-10(13(18)19)4-5-11(9)16/h4-5,7H,2-3,6,8H2,1H3,(H,18,19)(H,15,17,20). The number of rotatable bonds is 3. The van der Waals surface area contributed by atoms with Gasteiger partial charge in [0.1, 0.15) is 0 Å². The van der Waals surface area contributed by atoms with Crippen molar-refractivity contribution in [3.8, 4) is 0 Å². The Morgan fingerprint density at radius 2 is 2.14 bits per heavy atom. The van der Waals surface area contributed by atoms with Gasteiger partial charge in [0.05, 0.1) is 19.2 Å². The van der Waals surface area contributed by atoms with E-state index in [9.17, 15) is 14.4 Å². The van der Waals surface area contributed by atoms with Crippen LogP contribution in [0.1, 0.15) is 22.3 Å². The lowest BCUT2D eigenvalue weighted by atomic mass is 9.99. The van der Waals surface area contributed by atoms with Crippen molar-refractivity contribution in [1.82, 2.24) is 5.32 Å². The van der Waals surface area contributed by atoms with Gasteiger partial charge < -0.3 is 14.7 Å². The number of methoxy groups -OCH3 is 1. The van der Waals surface area contributed by atoms with Gasteiger partial charge in [0.15, 0.2) is 0 Å². The van der Waals surface area contributed by atoms with Crippen LogP contribution in [0.15, 0.2) is 18.2 Å². The van der Waals surface area contributed by atoms with Crippen LogP contribution in [0.5, 0.6) is 0 Å². The summed E-state index contributed by atoms with van der Waals surface area (Å²) in [4.78, 5) is 35.5. The van der Waals surface area contributed by atoms with Crippen molar-refractivity contribution < 1.29 is 24.2 Å². The molecule has 0 unspecified atom stereocenters. The number of benzene rings is 1. The van der Waals surface area contributed by atoms with Gasteiger partial charge in [-0.3, -0.25) is 10.1 Å². The van der Waals surface area contributed by atoms with Crippen LogP contribution < -0.4 is 10.2 Å². The number of aromatic carboxylic acids is 1. The number of carboxylic acids is 1. The number of carboxylic acid groups (broad SMARTS) is 1. The first-order valence-electron chi connectivity index (χ1n) is 6.50. The maximum absolute atomic E-state index is 11.7. The Kier molecular flexibility index (Phi) is 4.42.